The van der Waals surface area contributed by atoms with Gasteiger partial charge in [-0.3, -0.25) is 9.59 Å². The Morgan fingerprint density at radius 3 is 2.45 bits per heavy atom. The average molecular weight is 459 g/mol. The number of aryl methyl sites for hydroxylation is 1. The minimum atomic E-state index is -0.487. The van der Waals surface area contributed by atoms with Crippen LogP contribution in [0.25, 0.3) is 16.7 Å². The van der Waals surface area contributed by atoms with Gasteiger partial charge in [-0.1, -0.05) is 49.9 Å². The van der Waals surface area contributed by atoms with Gasteiger partial charge in [0.15, 0.2) is 5.16 Å². The van der Waals surface area contributed by atoms with Crippen LogP contribution in [0.1, 0.15) is 37.8 Å². The summed E-state index contributed by atoms with van der Waals surface area (Å²) in [4.78, 5) is 35.4. The molecule has 33 heavy (non-hydrogen) atoms. The van der Waals surface area contributed by atoms with Crippen molar-refractivity contribution >= 4 is 34.3 Å². The van der Waals surface area contributed by atoms with E-state index in [0.29, 0.717) is 27.8 Å². The molecule has 0 bridgehead atoms. The maximum Gasteiger partial charge on any atom is 0.267 e. The molecular weight excluding hydrogens is 432 g/mol. The normalized spacial score (nSPS) is 12.2. The molecule has 0 fully saturated rings. The number of fused-ring (bicyclic) bond motifs is 1. The summed E-state index contributed by atoms with van der Waals surface area (Å²) < 4.78 is 1.49. The summed E-state index contributed by atoms with van der Waals surface area (Å²) in [6, 6.07) is 18.8. The molecule has 1 amide bonds. The van der Waals surface area contributed by atoms with Gasteiger partial charge in [0.1, 0.15) is 5.82 Å². The van der Waals surface area contributed by atoms with Gasteiger partial charge >= 0.3 is 0 Å². The molecule has 4 aromatic rings. The van der Waals surface area contributed by atoms with Crippen molar-refractivity contribution in [1.29, 1.82) is 0 Å². The number of thioether (sulfide) groups is 1. The van der Waals surface area contributed by atoms with Crippen LogP contribution in [0.2, 0.25) is 0 Å². The van der Waals surface area contributed by atoms with Crippen LogP contribution in [-0.4, -0.2) is 25.7 Å². The van der Waals surface area contributed by atoms with Crippen LogP contribution < -0.4 is 10.9 Å². The van der Waals surface area contributed by atoms with E-state index in [0.717, 1.165) is 11.3 Å². The number of para-hydroxylation sites is 1. The maximum absolute atomic E-state index is 13.4. The summed E-state index contributed by atoms with van der Waals surface area (Å²) in [5.74, 6) is 0.747. The van der Waals surface area contributed by atoms with Gasteiger partial charge in [-0.25, -0.2) is 14.5 Å². The standard InChI is InChI=1S/C26H26N4O2S/c1-16(2)19-9-11-20(12-10-19)28-24(31)18(4)33-26-29-22-8-6-5-7-21(22)25(32)30(26)23-15-17(3)13-14-27-23/h5-16,18H,1-4H3,(H,28,31). The molecule has 2 aromatic carbocycles. The monoisotopic (exact) mass is 458 g/mol. The van der Waals surface area contributed by atoms with E-state index in [4.69, 9.17) is 4.98 Å². The molecule has 0 spiro atoms. The van der Waals surface area contributed by atoms with E-state index in [-0.39, 0.29) is 11.5 Å². The third kappa shape index (κ3) is 4.98. The first-order valence-electron chi connectivity index (χ1n) is 10.9. The first-order valence-corrected chi connectivity index (χ1v) is 11.7. The molecule has 0 aliphatic heterocycles. The van der Waals surface area contributed by atoms with Crippen molar-refractivity contribution < 1.29 is 4.79 Å². The fourth-order valence-corrected chi connectivity index (χ4v) is 4.36. The molecule has 1 unspecified atom stereocenters. The second kappa shape index (κ2) is 9.58. The van der Waals surface area contributed by atoms with Crippen molar-refractivity contribution in [3.63, 3.8) is 0 Å². The van der Waals surface area contributed by atoms with Crippen LogP contribution in [0.15, 0.2) is 76.8 Å². The number of carbonyl (C=O) groups excluding carboxylic acids is 1. The average Bonchev–Trinajstić information content (AvgIpc) is 2.79. The summed E-state index contributed by atoms with van der Waals surface area (Å²) in [5.41, 5.74) is 3.31. The highest BCUT2D eigenvalue weighted by molar-refractivity contribution is 8.00. The van der Waals surface area contributed by atoms with Gasteiger partial charge in [0.2, 0.25) is 5.91 Å². The number of amides is 1. The Kier molecular flexibility index (Phi) is 6.60. The topological polar surface area (TPSA) is 76.9 Å². The van der Waals surface area contributed by atoms with Gasteiger partial charge in [-0.2, -0.15) is 0 Å². The zero-order chi connectivity index (χ0) is 23.5. The van der Waals surface area contributed by atoms with Gasteiger partial charge < -0.3 is 5.32 Å². The number of anilines is 1. The smallest absolute Gasteiger partial charge is 0.267 e. The van der Waals surface area contributed by atoms with Gasteiger partial charge in [0.25, 0.3) is 5.56 Å². The molecule has 2 heterocycles. The second-order valence-corrected chi connectivity index (χ2v) is 9.58. The predicted molar refractivity (Wildman–Crippen MR) is 134 cm³/mol. The van der Waals surface area contributed by atoms with Crippen molar-refractivity contribution in [2.75, 3.05) is 5.32 Å². The van der Waals surface area contributed by atoms with Crippen molar-refractivity contribution in [3.05, 3.63) is 88.3 Å². The predicted octanol–water partition coefficient (Wildman–Crippen LogP) is 5.33. The number of benzene rings is 2. The SMILES string of the molecule is Cc1ccnc(-n2c(SC(C)C(=O)Nc3ccc(C(C)C)cc3)nc3ccccc3c2=O)c1. The number of nitrogens with one attached hydrogen (secondary N) is 1. The number of hydrogen-bond donors (Lipinski definition) is 1. The van der Waals surface area contributed by atoms with Crippen molar-refractivity contribution in [1.82, 2.24) is 14.5 Å². The van der Waals surface area contributed by atoms with Crippen LogP contribution in [0.5, 0.6) is 0 Å². The molecule has 168 valence electrons. The largest absolute Gasteiger partial charge is 0.325 e. The van der Waals surface area contributed by atoms with Gasteiger partial charge in [-0.15, -0.1) is 0 Å². The highest BCUT2D eigenvalue weighted by atomic mass is 32.2. The number of nitrogens with zero attached hydrogens (tertiary/aromatic N) is 3. The van der Waals surface area contributed by atoms with Crippen LogP contribution in [0.4, 0.5) is 5.69 Å². The number of hydrogen-bond acceptors (Lipinski definition) is 5. The Morgan fingerprint density at radius 1 is 1.03 bits per heavy atom. The third-order valence-corrected chi connectivity index (χ3v) is 6.42. The molecule has 2 aromatic heterocycles. The molecule has 0 aliphatic carbocycles. The third-order valence-electron chi connectivity index (χ3n) is 5.37. The molecule has 0 aliphatic rings. The first kappa shape index (κ1) is 22.7. The van der Waals surface area contributed by atoms with E-state index in [1.807, 2.05) is 55.5 Å². The lowest BCUT2D eigenvalue weighted by Crippen LogP contribution is -2.26. The van der Waals surface area contributed by atoms with Crippen molar-refractivity contribution in [2.24, 2.45) is 0 Å². The fraction of sp³-hybridized carbons (Fsp3) is 0.231. The zero-order valence-electron chi connectivity index (χ0n) is 19.1. The van der Waals surface area contributed by atoms with Gasteiger partial charge in [0, 0.05) is 11.9 Å². The summed E-state index contributed by atoms with van der Waals surface area (Å²) in [5, 5.41) is 3.40. The second-order valence-electron chi connectivity index (χ2n) is 8.27. The minimum absolute atomic E-state index is 0.163. The van der Waals surface area contributed by atoms with Crippen molar-refractivity contribution in [3.8, 4) is 5.82 Å². The molecule has 0 saturated heterocycles. The minimum Gasteiger partial charge on any atom is -0.325 e. The Labute approximate surface area is 197 Å². The summed E-state index contributed by atoms with van der Waals surface area (Å²) in [6.45, 7) is 8.01. The number of carbonyl (C=O) groups is 1. The van der Waals surface area contributed by atoms with E-state index in [1.165, 1.54) is 21.9 Å². The number of aromatic nitrogens is 3. The lowest BCUT2D eigenvalue weighted by Gasteiger charge is -2.16. The first-order chi connectivity index (χ1) is 15.8. The Hall–Kier alpha value is -3.45. The zero-order valence-corrected chi connectivity index (χ0v) is 19.9. The number of pyridine rings is 1. The molecular formula is C26H26N4O2S. The van der Waals surface area contributed by atoms with Crippen LogP contribution >= 0.6 is 11.8 Å². The molecule has 0 saturated carbocycles. The van der Waals surface area contributed by atoms with E-state index < -0.39 is 5.25 Å². The van der Waals surface area contributed by atoms with Crippen LogP contribution in [0.3, 0.4) is 0 Å². The van der Waals surface area contributed by atoms with Gasteiger partial charge in [0.05, 0.1) is 16.2 Å². The van der Waals surface area contributed by atoms with E-state index in [1.54, 1.807) is 25.3 Å². The van der Waals surface area contributed by atoms with Crippen molar-refractivity contribution in [2.45, 2.75) is 44.0 Å². The summed E-state index contributed by atoms with van der Waals surface area (Å²) >= 11 is 1.24. The maximum atomic E-state index is 13.4. The lowest BCUT2D eigenvalue weighted by molar-refractivity contribution is -0.115. The fourth-order valence-electron chi connectivity index (χ4n) is 3.44. The highest BCUT2D eigenvalue weighted by Gasteiger charge is 2.21. The Bertz CT molecular complexity index is 1360. The number of rotatable bonds is 6. The quantitative estimate of drug-likeness (QED) is 0.312. The summed E-state index contributed by atoms with van der Waals surface area (Å²) in [7, 11) is 0. The molecule has 1 N–H and O–H groups in total. The lowest BCUT2D eigenvalue weighted by atomic mass is 10.0. The molecule has 1 atom stereocenters. The van der Waals surface area contributed by atoms with E-state index in [9.17, 15) is 9.59 Å². The Morgan fingerprint density at radius 2 is 1.76 bits per heavy atom. The van der Waals surface area contributed by atoms with Crippen LogP contribution in [-0.2, 0) is 4.79 Å². The van der Waals surface area contributed by atoms with Gasteiger partial charge in [-0.05, 0) is 67.3 Å². The van der Waals surface area contributed by atoms with Crippen LogP contribution in [0, 0.1) is 6.92 Å². The molecule has 7 heteroatoms. The van der Waals surface area contributed by atoms with E-state index >= 15 is 0 Å². The molecule has 0 radical (unpaired) electrons. The highest BCUT2D eigenvalue weighted by Crippen LogP contribution is 2.26. The Balaban J connectivity index is 1.66. The molecule has 4 rings (SSSR count). The molecule has 6 nitrogen and oxygen atoms in total. The summed E-state index contributed by atoms with van der Waals surface area (Å²) in [6.07, 6.45) is 1.66. The van der Waals surface area contributed by atoms with E-state index in [2.05, 4.69) is 24.1 Å².